The van der Waals surface area contributed by atoms with Gasteiger partial charge in [0.25, 0.3) is 0 Å². The smallest absolute Gasteiger partial charge is 0.410 e. The van der Waals surface area contributed by atoms with Gasteiger partial charge in [-0.15, -0.1) is 0 Å². The molecule has 3 aromatic rings. The average Bonchev–Trinajstić information content (AvgIpc) is 3.21. The van der Waals surface area contributed by atoms with E-state index in [1.807, 2.05) is 0 Å². The lowest BCUT2D eigenvalue weighted by Gasteiger charge is -2.33. The van der Waals surface area contributed by atoms with Gasteiger partial charge in [-0.05, 0) is 23.8 Å². The zero-order valence-electron chi connectivity index (χ0n) is 17.1. The predicted molar refractivity (Wildman–Crippen MR) is 108 cm³/mol. The molecule has 1 aromatic carbocycles. The van der Waals surface area contributed by atoms with Crippen molar-refractivity contribution < 1.29 is 27.4 Å². The number of rotatable bonds is 5. The summed E-state index contributed by atoms with van der Waals surface area (Å²) < 4.78 is 58.5. The first-order valence-electron chi connectivity index (χ1n) is 9.49. The van der Waals surface area contributed by atoms with E-state index < -0.39 is 18.3 Å². The van der Waals surface area contributed by atoms with Gasteiger partial charge >= 0.3 is 6.18 Å². The van der Waals surface area contributed by atoms with E-state index in [9.17, 15) is 13.2 Å². The van der Waals surface area contributed by atoms with E-state index in [4.69, 9.17) is 14.2 Å². The molecule has 3 heterocycles. The van der Waals surface area contributed by atoms with Gasteiger partial charge in [-0.1, -0.05) is 6.07 Å². The highest BCUT2D eigenvalue weighted by Crippen LogP contribution is 2.45. The van der Waals surface area contributed by atoms with Gasteiger partial charge in [-0.25, -0.2) is 9.67 Å². The van der Waals surface area contributed by atoms with Gasteiger partial charge in [0.1, 0.15) is 5.82 Å². The van der Waals surface area contributed by atoms with Crippen LogP contribution in [-0.4, -0.2) is 42.3 Å². The number of halogens is 3. The van der Waals surface area contributed by atoms with Crippen LogP contribution in [0.2, 0.25) is 0 Å². The van der Waals surface area contributed by atoms with Gasteiger partial charge in [0.05, 0.1) is 33.1 Å². The molecule has 0 unspecified atom stereocenters. The van der Waals surface area contributed by atoms with Crippen molar-refractivity contribution in [3.63, 3.8) is 0 Å². The van der Waals surface area contributed by atoms with Crippen molar-refractivity contribution in [3.8, 4) is 28.6 Å². The fourth-order valence-electron chi connectivity index (χ4n) is 3.68. The van der Waals surface area contributed by atoms with Crippen molar-refractivity contribution in [2.24, 2.45) is 0 Å². The normalized spacial score (nSPS) is 18.1. The first-order chi connectivity index (χ1) is 14.8. The summed E-state index contributed by atoms with van der Waals surface area (Å²) in [5.74, 6) is 1.59. The van der Waals surface area contributed by atoms with E-state index in [2.05, 4.69) is 15.4 Å². The number of nitrogens with one attached hydrogen (secondary N) is 1. The molecule has 31 heavy (non-hydrogen) atoms. The number of aromatic nitrogens is 3. The maximum atomic E-state index is 13.9. The molecule has 0 spiro atoms. The van der Waals surface area contributed by atoms with Gasteiger partial charge in [0, 0.05) is 30.3 Å². The maximum Gasteiger partial charge on any atom is 0.410 e. The van der Waals surface area contributed by atoms with Crippen molar-refractivity contribution in [2.45, 2.75) is 24.7 Å². The number of nitrogens with zero attached hydrogens (tertiary/aromatic N) is 3. The number of hydrogen-bond donors (Lipinski definition) is 1. The average molecular weight is 434 g/mol. The van der Waals surface area contributed by atoms with Crippen molar-refractivity contribution in [2.75, 3.05) is 26.6 Å². The van der Waals surface area contributed by atoms with Crippen LogP contribution in [0.5, 0.6) is 17.4 Å². The number of hydrogen-bond acceptors (Lipinski definition) is 6. The third kappa shape index (κ3) is 3.97. The Hall–Kier alpha value is -3.43. The van der Waals surface area contributed by atoms with Gasteiger partial charge in [-0.3, -0.25) is 0 Å². The zero-order chi connectivity index (χ0) is 22.2. The molecule has 7 nitrogen and oxygen atoms in total. The molecular formula is C21H21F3N4O3. The summed E-state index contributed by atoms with van der Waals surface area (Å²) in [6.07, 6.45) is -3.16. The molecule has 2 aromatic heterocycles. The molecule has 1 N–H and O–H groups in total. The van der Waals surface area contributed by atoms with Crippen LogP contribution >= 0.6 is 0 Å². The minimum atomic E-state index is -4.47. The number of benzene rings is 1. The largest absolute Gasteiger partial charge is 0.493 e. The first kappa shape index (κ1) is 20.8. The summed E-state index contributed by atoms with van der Waals surface area (Å²) in [5.41, 5.74) is 1.66. The molecule has 1 aliphatic rings. The lowest BCUT2D eigenvalue weighted by Crippen LogP contribution is -2.35. The maximum absolute atomic E-state index is 13.9. The lowest BCUT2D eigenvalue weighted by molar-refractivity contribution is -0.173. The molecule has 0 amide bonds. The van der Waals surface area contributed by atoms with Crippen LogP contribution in [-0.2, 0) is 0 Å². The Labute approximate surface area is 176 Å². The van der Waals surface area contributed by atoms with E-state index >= 15 is 0 Å². The van der Waals surface area contributed by atoms with Crippen LogP contribution in [0.15, 0.2) is 42.6 Å². The second-order valence-electron chi connectivity index (χ2n) is 7.05. The van der Waals surface area contributed by atoms with Crippen LogP contribution in [0.1, 0.15) is 24.1 Å². The number of methoxy groups -OCH3 is 3. The van der Waals surface area contributed by atoms with Crippen molar-refractivity contribution in [1.82, 2.24) is 14.8 Å². The lowest BCUT2D eigenvalue weighted by atomic mass is 9.96. The Kier molecular flexibility index (Phi) is 5.38. The van der Waals surface area contributed by atoms with Crippen LogP contribution in [0.4, 0.5) is 19.0 Å². The summed E-state index contributed by atoms with van der Waals surface area (Å²) in [7, 11) is 4.46. The number of anilines is 1. The van der Waals surface area contributed by atoms with E-state index in [0.717, 1.165) is 4.68 Å². The Morgan fingerprint density at radius 3 is 2.45 bits per heavy atom. The molecule has 0 bridgehead atoms. The Bertz CT molecular complexity index is 1080. The molecule has 164 valence electrons. The molecule has 0 aliphatic carbocycles. The van der Waals surface area contributed by atoms with Crippen LogP contribution in [0.3, 0.4) is 0 Å². The van der Waals surface area contributed by atoms with E-state index in [-0.39, 0.29) is 12.2 Å². The number of fused-ring (bicyclic) bond motifs is 1. The Morgan fingerprint density at radius 2 is 1.77 bits per heavy atom. The molecule has 10 heteroatoms. The SMILES string of the molecule is COc1cc(-c2cc3n(n2)[C@@H](C(F)(F)F)C[C@@H](c2ccc(OC)c(OC)c2)N3)ccn1. The summed E-state index contributed by atoms with van der Waals surface area (Å²) in [5, 5.41) is 7.42. The number of pyridine rings is 1. The van der Waals surface area contributed by atoms with Crippen molar-refractivity contribution in [1.29, 1.82) is 0 Å². The van der Waals surface area contributed by atoms with Gasteiger partial charge in [-0.2, -0.15) is 18.3 Å². The molecule has 4 rings (SSSR count). The summed E-state index contributed by atoms with van der Waals surface area (Å²) in [6, 6.07) is 7.63. The molecule has 0 saturated heterocycles. The third-order valence-corrected chi connectivity index (χ3v) is 5.24. The Morgan fingerprint density at radius 1 is 1.00 bits per heavy atom. The van der Waals surface area contributed by atoms with Crippen LogP contribution < -0.4 is 19.5 Å². The molecule has 2 atom stereocenters. The van der Waals surface area contributed by atoms with Gasteiger partial charge in [0.15, 0.2) is 17.5 Å². The summed E-state index contributed by atoms with van der Waals surface area (Å²) in [6.45, 7) is 0. The summed E-state index contributed by atoms with van der Waals surface area (Å²) in [4.78, 5) is 4.03. The quantitative estimate of drug-likeness (QED) is 0.631. The summed E-state index contributed by atoms with van der Waals surface area (Å²) >= 11 is 0. The number of alkyl halides is 3. The van der Waals surface area contributed by atoms with Gasteiger partial charge < -0.3 is 19.5 Å². The van der Waals surface area contributed by atoms with E-state index in [1.165, 1.54) is 27.5 Å². The highest BCUT2D eigenvalue weighted by molar-refractivity contribution is 5.64. The standard InChI is InChI=1S/C21H21F3N4O3/c1-29-16-5-4-12(8-17(16)30-2)14-10-18(21(22,23)24)28-19(26-14)11-15(27-28)13-6-7-25-20(9-13)31-3/h4-9,11,14,18,26H,10H2,1-3H3/t14-,18+/m0/s1. The first-order valence-corrected chi connectivity index (χ1v) is 9.49. The monoisotopic (exact) mass is 434 g/mol. The second-order valence-corrected chi connectivity index (χ2v) is 7.05. The molecular weight excluding hydrogens is 413 g/mol. The van der Waals surface area contributed by atoms with E-state index in [0.29, 0.717) is 34.2 Å². The fourth-order valence-corrected chi connectivity index (χ4v) is 3.68. The molecule has 0 fully saturated rings. The highest BCUT2D eigenvalue weighted by atomic mass is 19.4. The minimum Gasteiger partial charge on any atom is -0.493 e. The van der Waals surface area contributed by atoms with Crippen molar-refractivity contribution >= 4 is 5.82 Å². The number of ether oxygens (including phenoxy) is 3. The zero-order valence-corrected chi connectivity index (χ0v) is 17.1. The Balaban J connectivity index is 1.74. The van der Waals surface area contributed by atoms with Crippen molar-refractivity contribution in [3.05, 3.63) is 48.2 Å². The topological polar surface area (TPSA) is 70.4 Å². The third-order valence-electron chi connectivity index (χ3n) is 5.24. The van der Waals surface area contributed by atoms with Gasteiger partial charge in [0.2, 0.25) is 5.88 Å². The highest BCUT2D eigenvalue weighted by Gasteiger charge is 2.46. The minimum absolute atomic E-state index is 0.216. The van der Waals surface area contributed by atoms with Crippen LogP contribution in [0.25, 0.3) is 11.3 Å². The van der Waals surface area contributed by atoms with Crippen LogP contribution in [0, 0.1) is 0 Å². The predicted octanol–water partition coefficient (Wildman–Crippen LogP) is 4.63. The second kappa shape index (κ2) is 8.01. The van der Waals surface area contributed by atoms with E-state index in [1.54, 1.807) is 36.4 Å². The molecule has 1 aliphatic heterocycles. The fraction of sp³-hybridized carbons (Fsp3) is 0.333. The molecule has 0 saturated carbocycles. The molecule has 0 radical (unpaired) electrons.